The lowest BCUT2D eigenvalue weighted by molar-refractivity contribution is -0.182. The summed E-state index contributed by atoms with van der Waals surface area (Å²) in [5.74, 6) is -1.74. The second-order valence-corrected chi connectivity index (χ2v) is 3.86. The van der Waals surface area contributed by atoms with E-state index >= 15 is 0 Å². The van der Waals surface area contributed by atoms with Crippen LogP contribution in [0.1, 0.15) is 19.3 Å². The highest BCUT2D eigenvalue weighted by molar-refractivity contribution is 6.21. The molecule has 0 saturated heterocycles. The molecule has 74 valence electrons. The summed E-state index contributed by atoms with van der Waals surface area (Å²) in [6, 6.07) is 1.93. The van der Waals surface area contributed by atoms with Crippen LogP contribution in [-0.2, 0) is 0 Å². The second-order valence-electron chi connectivity index (χ2n) is 3.30. The van der Waals surface area contributed by atoms with Crippen molar-refractivity contribution in [3.63, 3.8) is 0 Å². The predicted octanol–water partition coefficient (Wildman–Crippen LogP) is 3.10. The van der Waals surface area contributed by atoms with E-state index in [0.29, 0.717) is 0 Å². The Morgan fingerprint density at radius 3 is 2.31 bits per heavy atom. The maximum Gasteiger partial charge on any atom is 0.391 e. The van der Waals surface area contributed by atoms with Gasteiger partial charge in [0.15, 0.2) is 0 Å². The number of hydrogen-bond acceptors (Lipinski definition) is 1. The van der Waals surface area contributed by atoms with E-state index in [9.17, 15) is 13.2 Å². The molecule has 13 heavy (non-hydrogen) atoms. The highest BCUT2D eigenvalue weighted by Crippen LogP contribution is 2.41. The molecule has 0 spiro atoms. The van der Waals surface area contributed by atoms with Crippen LogP contribution >= 0.6 is 11.6 Å². The molecule has 0 aromatic heterocycles. The Bertz CT molecular complexity index is 220. The zero-order valence-corrected chi connectivity index (χ0v) is 7.57. The van der Waals surface area contributed by atoms with Gasteiger partial charge in [-0.3, -0.25) is 0 Å². The zero-order chi connectivity index (χ0) is 10.1. The molecule has 0 N–H and O–H groups in total. The minimum atomic E-state index is -4.16. The van der Waals surface area contributed by atoms with Crippen molar-refractivity contribution in [2.24, 2.45) is 11.8 Å². The van der Waals surface area contributed by atoms with Crippen LogP contribution in [0.4, 0.5) is 13.2 Å². The molecule has 0 aromatic rings. The minimum Gasteiger partial charge on any atom is -0.198 e. The Hall–Kier alpha value is -0.430. The first-order valence-electron chi connectivity index (χ1n) is 4.05. The lowest BCUT2D eigenvalue weighted by Gasteiger charge is -2.30. The Labute approximate surface area is 79.5 Å². The van der Waals surface area contributed by atoms with Crippen molar-refractivity contribution in [1.29, 1.82) is 5.26 Å². The second kappa shape index (κ2) is 3.75. The number of hydrogen-bond donors (Lipinski definition) is 0. The smallest absolute Gasteiger partial charge is 0.198 e. The van der Waals surface area contributed by atoms with E-state index in [0.717, 1.165) is 0 Å². The van der Waals surface area contributed by atoms with Crippen LogP contribution in [0.25, 0.3) is 0 Å². The standard InChI is InChI=1S/C8H9ClF3N/c9-7-3-6(8(10,11)12)2-1-5(7)4-13/h5-7H,1-3H2/t5-,6-,7+/m0/s1. The van der Waals surface area contributed by atoms with Gasteiger partial charge in [0.2, 0.25) is 0 Å². The fourth-order valence-electron chi connectivity index (χ4n) is 1.56. The highest BCUT2D eigenvalue weighted by Gasteiger charge is 2.44. The first-order chi connectivity index (χ1) is 5.95. The normalized spacial score (nSPS) is 35.5. The van der Waals surface area contributed by atoms with Crippen molar-refractivity contribution in [1.82, 2.24) is 0 Å². The highest BCUT2D eigenvalue weighted by atomic mass is 35.5. The molecule has 1 nitrogen and oxygen atoms in total. The topological polar surface area (TPSA) is 23.8 Å². The van der Waals surface area contributed by atoms with Gasteiger partial charge in [0, 0.05) is 5.38 Å². The summed E-state index contributed by atoms with van der Waals surface area (Å²) >= 11 is 5.66. The number of nitriles is 1. The summed E-state index contributed by atoms with van der Waals surface area (Å²) in [5, 5.41) is 7.89. The molecule has 0 aliphatic heterocycles. The minimum absolute atomic E-state index is 0.0327. The molecule has 0 heterocycles. The molecular formula is C8H9ClF3N. The molecule has 0 aromatic carbocycles. The van der Waals surface area contributed by atoms with E-state index in [1.807, 2.05) is 6.07 Å². The monoisotopic (exact) mass is 211 g/mol. The van der Waals surface area contributed by atoms with E-state index in [2.05, 4.69) is 0 Å². The summed E-state index contributed by atoms with van der Waals surface area (Å²) in [6.07, 6.45) is -3.99. The lowest BCUT2D eigenvalue weighted by atomic mass is 9.82. The SMILES string of the molecule is N#C[C@@H]1CC[C@H](C(F)(F)F)C[C@H]1Cl. The van der Waals surface area contributed by atoms with E-state index in [1.165, 1.54) is 0 Å². The van der Waals surface area contributed by atoms with Crippen molar-refractivity contribution in [3.8, 4) is 6.07 Å². The summed E-state index contributed by atoms with van der Waals surface area (Å²) in [5.41, 5.74) is 0. The van der Waals surface area contributed by atoms with Crippen molar-refractivity contribution in [2.45, 2.75) is 30.8 Å². The summed E-state index contributed by atoms with van der Waals surface area (Å²) in [7, 11) is 0. The van der Waals surface area contributed by atoms with Gasteiger partial charge < -0.3 is 0 Å². The van der Waals surface area contributed by atoms with Crippen molar-refractivity contribution >= 4 is 11.6 Å². The molecule has 1 rings (SSSR count). The Kier molecular flexibility index (Phi) is 3.07. The van der Waals surface area contributed by atoms with Crippen LogP contribution in [0.15, 0.2) is 0 Å². The lowest BCUT2D eigenvalue weighted by Crippen LogP contribution is -2.33. The Balaban J connectivity index is 2.57. The summed E-state index contributed by atoms with van der Waals surface area (Å²) in [6.45, 7) is 0. The third-order valence-corrected chi connectivity index (χ3v) is 2.88. The molecule has 0 radical (unpaired) electrons. The molecule has 0 bridgehead atoms. The molecule has 0 amide bonds. The maximum atomic E-state index is 12.2. The molecule has 3 atom stereocenters. The fraction of sp³-hybridized carbons (Fsp3) is 0.875. The quantitative estimate of drug-likeness (QED) is 0.565. The van der Waals surface area contributed by atoms with Crippen LogP contribution in [-0.4, -0.2) is 11.6 Å². The maximum absolute atomic E-state index is 12.2. The molecular weight excluding hydrogens is 203 g/mol. The third kappa shape index (κ3) is 2.50. The molecule has 0 unspecified atom stereocenters. The third-order valence-electron chi connectivity index (χ3n) is 2.40. The number of nitrogens with zero attached hydrogens (tertiary/aromatic N) is 1. The van der Waals surface area contributed by atoms with Crippen molar-refractivity contribution < 1.29 is 13.2 Å². The van der Waals surface area contributed by atoms with E-state index < -0.39 is 23.4 Å². The number of rotatable bonds is 0. The van der Waals surface area contributed by atoms with Gasteiger partial charge in [0.25, 0.3) is 0 Å². The molecule has 5 heteroatoms. The van der Waals surface area contributed by atoms with Crippen molar-refractivity contribution in [2.75, 3.05) is 0 Å². The average Bonchev–Trinajstić information content (AvgIpc) is 2.02. The van der Waals surface area contributed by atoms with Crippen LogP contribution in [0.5, 0.6) is 0 Å². The van der Waals surface area contributed by atoms with Gasteiger partial charge in [-0.15, -0.1) is 11.6 Å². The molecule has 1 saturated carbocycles. The van der Waals surface area contributed by atoms with Crippen molar-refractivity contribution in [3.05, 3.63) is 0 Å². The van der Waals surface area contributed by atoms with Crippen LogP contribution < -0.4 is 0 Å². The first-order valence-corrected chi connectivity index (χ1v) is 4.49. The summed E-state index contributed by atoms with van der Waals surface area (Å²) in [4.78, 5) is 0. The van der Waals surface area contributed by atoms with E-state index in [1.54, 1.807) is 0 Å². The Morgan fingerprint density at radius 1 is 1.31 bits per heavy atom. The largest absolute Gasteiger partial charge is 0.391 e. The van der Waals surface area contributed by atoms with Gasteiger partial charge >= 0.3 is 6.18 Å². The van der Waals surface area contributed by atoms with Gasteiger partial charge in [-0.2, -0.15) is 18.4 Å². The number of alkyl halides is 4. The predicted molar refractivity (Wildman–Crippen MR) is 42.1 cm³/mol. The van der Waals surface area contributed by atoms with Gasteiger partial charge in [0.1, 0.15) is 0 Å². The van der Waals surface area contributed by atoms with Crippen LogP contribution in [0.3, 0.4) is 0 Å². The van der Waals surface area contributed by atoms with Gasteiger partial charge in [0.05, 0.1) is 17.9 Å². The van der Waals surface area contributed by atoms with Gasteiger partial charge in [-0.1, -0.05) is 0 Å². The molecule has 1 aliphatic carbocycles. The van der Waals surface area contributed by atoms with E-state index in [-0.39, 0.29) is 19.3 Å². The fourth-order valence-corrected chi connectivity index (χ4v) is 1.96. The molecule has 1 fully saturated rings. The van der Waals surface area contributed by atoms with E-state index in [4.69, 9.17) is 16.9 Å². The van der Waals surface area contributed by atoms with Crippen LogP contribution in [0.2, 0.25) is 0 Å². The zero-order valence-electron chi connectivity index (χ0n) is 6.81. The Morgan fingerprint density at radius 2 is 1.92 bits per heavy atom. The number of halogens is 4. The van der Waals surface area contributed by atoms with Gasteiger partial charge in [-0.05, 0) is 19.3 Å². The first kappa shape index (κ1) is 10.6. The average molecular weight is 212 g/mol. The molecule has 1 aliphatic rings. The van der Waals surface area contributed by atoms with Crippen LogP contribution in [0, 0.1) is 23.2 Å². The summed E-state index contributed by atoms with van der Waals surface area (Å²) < 4.78 is 36.6. The van der Waals surface area contributed by atoms with Gasteiger partial charge in [-0.25, -0.2) is 0 Å².